The Bertz CT molecular complexity index is 899. The molecule has 1 aliphatic carbocycles. The van der Waals surface area contributed by atoms with Crippen molar-refractivity contribution in [2.45, 2.75) is 58.9 Å². The smallest absolute Gasteiger partial charge is 0.165 e. The zero-order valence-corrected chi connectivity index (χ0v) is 15.8. The maximum absolute atomic E-state index is 13.9. The number of nitrogens with zero attached hydrogens (tertiary/aromatic N) is 1. The van der Waals surface area contributed by atoms with Crippen molar-refractivity contribution in [1.29, 1.82) is 0 Å². The maximum atomic E-state index is 13.9. The normalized spacial score (nSPS) is 16.0. The van der Waals surface area contributed by atoms with Crippen molar-refractivity contribution in [1.82, 2.24) is 4.57 Å². The summed E-state index contributed by atoms with van der Waals surface area (Å²) < 4.78 is 29.6. The highest BCUT2D eigenvalue weighted by Crippen LogP contribution is 2.40. The summed E-state index contributed by atoms with van der Waals surface area (Å²) in [7, 11) is 0. The third-order valence-electron chi connectivity index (χ3n) is 5.29. The SMILES string of the molecule is CC1(C)CC(=O)c2c(n(CCCCCC(=O)CO)c3cc(F)c(F)cc23)C1. The maximum Gasteiger partial charge on any atom is 0.165 e. The van der Waals surface area contributed by atoms with Crippen LogP contribution in [0.25, 0.3) is 10.9 Å². The molecule has 1 N–H and O–H groups in total. The first-order chi connectivity index (χ1) is 12.7. The van der Waals surface area contributed by atoms with Crippen LogP contribution in [0.2, 0.25) is 0 Å². The number of benzene rings is 1. The topological polar surface area (TPSA) is 59.3 Å². The summed E-state index contributed by atoms with van der Waals surface area (Å²) >= 11 is 0. The number of carbonyl (C=O) groups is 2. The molecule has 1 aromatic carbocycles. The van der Waals surface area contributed by atoms with Crippen molar-refractivity contribution in [2.24, 2.45) is 5.41 Å². The van der Waals surface area contributed by atoms with E-state index in [0.717, 1.165) is 24.6 Å². The van der Waals surface area contributed by atoms with Crippen LogP contribution in [-0.4, -0.2) is 27.8 Å². The number of unbranched alkanes of at least 4 members (excludes halogenated alkanes) is 2. The molecule has 2 aromatic rings. The predicted molar refractivity (Wildman–Crippen MR) is 98.8 cm³/mol. The van der Waals surface area contributed by atoms with Gasteiger partial charge in [-0.2, -0.15) is 0 Å². The molecule has 1 aliphatic rings. The van der Waals surface area contributed by atoms with Crippen LogP contribution < -0.4 is 0 Å². The van der Waals surface area contributed by atoms with E-state index in [1.807, 2.05) is 18.4 Å². The summed E-state index contributed by atoms with van der Waals surface area (Å²) in [5, 5.41) is 9.25. The molecule has 3 rings (SSSR count). The van der Waals surface area contributed by atoms with E-state index >= 15 is 0 Å². The molecule has 0 saturated heterocycles. The van der Waals surface area contributed by atoms with Crippen LogP contribution in [0, 0.1) is 17.0 Å². The second kappa shape index (κ2) is 7.50. The Hall–Kier alpha value is -2.08. The Morgan fingerprint density at radius 2 is 1.85 bits per heavy atom. The minimum Gasteiger partial charge on any atom is -0.389 e. The molecule has 146 valence electrons. The number of Topliss-reactive ketones (excluding diaryl/α,β-unsaturated/α-hetero) is 2. The van der Waals surface area contributed by atoms with E-state index in [-0.39, 0.29) is 17.0 Å². The van der Waals surface area contributed by atoms with Crippen molar-refractivity contribution < 1.29 is 23.5 Å². The van der Waals surface area contributed by atoms with Gasteiger partial charge in [0.2, 0.25) is 0 Å². The molecule has 4 nitrogen and oxygen atoms in total. The fourth-order valence-corrected chi connectivity index (χ4v) is 4.03. The zero-order chi connectivity index (χ0) is 19.8. The fraction of sp³-hybridized carbons (Fsp3) is 0.524. The minimum absolute atomic E-state index is 0.0236. The summed E-state index contributed by atoms with van der Waals surface area (Å²) in [6.07, 6.45) is 3.61. The van der Waals surface area contributed by atoms with Crippen LogP contribution in [0.4, 0.5) is 8.78 Å². The number of aryl methyl sites for hydroxylation is 1. The molecule has 0 saturated carbocycles. The predicted octanol–water partition coefficient (Wildman–Crippen LogP) is 4.20. The van der Waals surface area contributed by atoms with Gasteiger partial charge in [0.15, 0.2) is 23.2 Å². The van der Waals surface area contributed by atoms with Crippen molar-refractivity contribution >= 4 is 22.5 Å². The second-order valence-corrected chi connectivity index (χ2v) is 8.21. The standard InChI is InChI=1S/C21H25F2NO3/c1-21(2)10-18-20(19(27)11-21)14-8-15(22)16(23)9-17(14)24(18)7-5-3-4-6-13(26)12-25/h8-9,25H,3-7,10-12H2,1-2H3. The molecule has 0 radical (unpaired) electrons. The highest BCUT2D eigenvalue weighted by Gasteiger charge is 2.35. The number of rotatable bonds is 7. The van der Waals surface area contributed by atoms with E-state index in [0.29, 0.717) is 48.7 Å². The average Bonchev–Trinajstić information content (AvgIpc) is 2.86. The van der Waals surface area contributed by atoms with E-state index in [1.165, 1.54) is 6.07 Å². The monoisotopic (exact) mass is 377 g/mol. The molecule has 0 spiro atoms. The molecular formula is C21H25F2NO3. The van der Waals surface area contributed by atoms with Crippen molar-refractivity contribution in [3.63, 3.8) is 0 Å². The van der Waals surface area contributed by atoms with Gasteiger partial charge in [-0.3, -0.25) is 9.59 Å². The number of hydrogen-bond acceptors (Lipinski definition) is 3. The average molecular weight is 377 g/mol. The largest absolute Gasteiger partial charge is 0.389 e. The molecule has 0 unspecified atom stereocenters. The van der Waals surface area contributed by atoms with Gasteiger partial charge < -0.3 is 9.67 Å². The molecule has 0 atom stereocenters. The Kier molecular flexibility index (Phi) is 5.47. The first kappa shape index (κ1) is 19.7. The quantitative estimate of drug-likeness (QED) is 0.736. The van der Waals surface area contributed by atoms with Crippen LogP contribution in [-0.2, 0) is 17.8 Å². The Morgan fingerprint density at radius 1 is 1.15 bits per heavy atom. The lowest BCUT2D eigenvalue weighted by atomic mass is 9.75. The van der Waals surface area contributed by atoms with Crippen molar-refractivity contribution in [2.75, 3.05) is 6.61 Å². The van der Waals surface area contributed by atoms with Crippen LogP contribution in [0.1, 0.15) is 62.0 Å². The van der Waals surface area contributed by atoms with E-state index < -0.39 is 18.2 Å². The number of fused-ring (bicyclic) bond motifs is 3. The van der Waals surface area contributed by atoms with E-state index in [4.69, 9.17) is 5.11 Å². The highest BCUT2D eigenvalue weighted by molar-refractivity contribution is 6.10. The first-order valence-electron chi connectivity index (χ1n) is 9.39. The zero-order valence-electron chi connectivity index (χ0n) is 15.8. The van der Waals surface area contributed by atoms with Gasteiger partial charge in [-0.1, -0.05) is 20.3 Å². The molecule has 1 aromatic heterocycles. The molecule has 0 aliphatic heterocycles. The van der Waals surface area contributed by atoms with Crippen LogP contribution in [0.3, 0.4) is 0 Å². The fourth-order valence-electron chi connectivity index (χ4n) is 4.03. The molecule has 0 bridgehead atoms. The number of carbonyl (C=O) groups excluding carboxylic acids is 2. The lowest BCUT2D eigenvalue weighted by molar-refractivity contribution is -0.121. The van der Waals surface area contributed by atoms with Crippen LogP contribution in [0.15, 0.2) is 12.1 Å². The Balaban J connectivity index is 1.92. The third-order valence-corrected chi connectivity index (χ3v) is 5.29. The van der Waals surface area contributed by atoms with Gasteiger partial charge >= 0.3 is 0 Å². The first-order valence-corrected chi connectivity index (χ1v) is 9.39. The molecular weight excluding hydrogens is 352 g/mol. The molecule has 27 heavy (non-hydrogen) atoms. The van der Waals surface area contributed by atoms with Gasteiger partial charge in [0.1, 0.15) is 6.61 Å². The lowest BCUT2D eigenvalue weighted by Gasteiger charge is -2.29. The number of halogens is 2. The van der Waals surface area contributed by atoms with E-state index in [2.05, 4.69) is 0 Å². The number of aliphatic hydroxyl groups is 1. The van der Waals surface area contributed by atoms with Gasteiger partial charge in [0, 0.05) is 42.1 Å². The van der Waals surface area contributed by atoms with E-state index in [1.54, 1.807) is 0 Å². The minimum atomic E-state index is -0.942. The second-order valence-electron chi connectivity index (χ2n) is 8.21. The number of aromatic nitrogens is 1. The van der Waals surface area contributed by atoms with E-state index in [9.17, 15) is 18.4 Å². The molecule has 1 heterocycles. The van der Waals surface area contributed by atoms with Gasteiger partial charge in [0.25, 0.3) is 0 Å². The lowest BCUT2D eigenvalue weighted by Crippen LogP contribution is -2.28. The van der Waals surface area contributed by atoms with Crippen LogP contribution in [0.5, 0.6) is 0 Å². The number of hydrogen-bond donors (Lipinski definition) is 1. The number of ketones is 2. The van der Waals surface area contributed by atoms with Gasteiger partial charge in [-0.05, 0) is 30.7 Å². The Labute approximate surface area is 157 Å². The summed E-state index contributed by atoms with van der Waals surface area (Å²) in [6.45, 7) is 4.19. The van der Waals surface area contributed by atoms with Gasteiger partial charge in [-0.15, -0.1) is 0 Å². The molecule has 0 fully saturated rings. The summed E-state index contributed by atoms with van der Waals surface area (Å²) in [6, 6.07) is 2.31. The number of aliphatic hydroxyl groups excluding tert-OH is 1. The molecule has 0 amide bonds. The van der Waals surface area contributed by atoms with Crippen molar-refractivity contribution in [3.05, 3.63) is 35.0 Å². The van der Waals surface area contributed by atoms with Crippen LogP contribution >= 0.6 is 0 Å². The molecule has 6 heteroatoms. The summed E-state index contributed by atoms with van der Waals surface area (Å²) in [5.41, 5.74) is 1.73. The third kappa shape index (κ3) is 3.95. The van der Waals surface area contributed by atoms with Gasteiger partial charge in [0.05, 0.1) is 5.52 Å². The Morgan fingerprint density at radius 3 is 2.56 bits per heavy atom. The summed E-state index contributed by atoms with van der Waals surface area (Å²) in [4.78, 5) is 23.9. The summed E-state index contributed by atoms with van der Waals surface area (Å²) in [5.74, 6) is -2.06. The highest BCUT2D eigenvalue weighted by atomic mass is 19.2. The van der Waals surface area contributed by atoms with Crippen molar-refractivity contribution in [3.8, 4) is 0 Å². The van der Waals surface area contributed by atoms with Gasteiger partial charge in [-0.25, -0.2) is 8.78 Å².